The molecular formula is C25H26N4O4. The van der Waals surface area contributed by atoms with Crippen molar-refractivity contribution in [3.8, 4) is 11.5 Å². The highest BCUT2D eigenvalue weighted by atomic mass is 16.5. The lowest BCUT2D eigenvalue weighted by Gasteiger charge is -2.27. The minimum Gasteiger partial charge on any atom is -0.493 e. The van der Waals surface area contributed by atoms with Gasteiger partial charge in [0.2, 0.25) is 0 Å². The molecule has 0 aliphatic carbocycles. The van der Waals surface area contributed by atoms with E-state index in [9.17, 15) is 0 Å². The van der Waals surface area contributed by atoms with E-state index in [1.165, 1.54) is 0 Å². The third-order valence-electron chi connectivity index (χ3n) is 5.54. The fourth-order valence-corrected chi connectivity index (χ4v) is 3.75. The highest BCUT2D eigenvalue weighted by Crippen LogP contribution is 2.29. The SMILES string of the molecule is COc1cc(CNc2ccc3ncc(N4CCOCC4)nc3c2)ccc1OCc1ccco1. The van der Waals surface area contributed by atoms with Crippen molar-refractivity contribution in [3.05, 3.63) is 72.3 Å². The van der Waals surface area contributed by atoms with E-state index in [0.717, 1.165) is 60.2 Å². The van der Waals surface area contributed by atoms with E-state index in [0.29, 0.717) is 24.7 Å². The quantitative estimate of drug-likeness (QED) is 0.430. The van der Waals surface area contributed by atoms with Crippen molar-refractivity contribution in [2.75, 3.05) is 43.6 Å². The molecule has 8 nitrogen and oxygen atoms in total. The third-order valence-corrected chi connectivity index (χ3v) is 5.54. The van der Waals surface area contributed by atoms with Crippen LogP contribution in [-0.4, -0.2) is 43.4 Å². The van der Waals surface area contributed by atoms with Gasteiger partial charge in [0.15, 0.2) is 11.5 Å². The Labute approximate surface area is 192 Å². The number of benzene rings is 2. The Morgan fingerprint density at radius 2 is 1.94 bits per heavy atom. The van der Waals surface area contributed by atoms with Crippen LogP contribution >= 0.6 is 0 Å². The number of methoxy groups -OCH3 is 1. The van der Waals surface area contributed by atoms with Crippen LogP contribution in [0.5, 0.6) is 11.5 Å². The predicted octanol–water partition coefficient (Wildman–Crippen LogP) is 4.26. The van der Waals surface area contributed by atoms with Gasteiger partial charge in [-0.15, -0.1) is 0 Å². The molecule has 0 bridgehead atoms. The first-order valence-corrected chi connectivity index (χ1v) is 10.9. The molecule has 8 heteroatoms. The Bertz CT molecular complexity index is 1210. The number of ether oxygens (including phenoxy) is 3. The molecule has 2 aromatic heterocycles. The number of hydrogen-bond acceptors (Lipinski definition) is 8. The van der Waals surface area contributed by atoms with Crippen molar-refractivity contribution in [1.82, 2.24) is 9.97 Å². The largest absolute Gasteiger partial charge is 0.493 e. The summed E-state index contributed by atoms with van der Waals surface area (Å²) in [5.41, 5.74) is 3.79. The van der Waals surface area contributed by atoms with Gasteiger partial charge in [-0.2, -0.15) is 0 Å². The van der Waals surface area contributed by atoms with Crippen molar-refractivity contribution in [1.29, 1.82) is 0 Å². The summed E-state index contributed by atoms with van der Waals surface area (Å²) in [5.74, 6) is 3.01. The van der Waals surface area contributed by atoms with Gasteiger partial charge in [0.1, 0.15) is 18.2 Å². The Kier molecular flexibility index (Phi) is 6.25. The highest BCUT2D eigenvalue weighted by Gasteiger charge is 2.13. The summed E-state index contributed by atoms with van der Waals surface area (Å²) < 4.78 is 22.1. The van der Waals surface area contributed by atoms with Crippen LogP contribution < -0.4 is 19.7 Å². The predicted molar refractivity (Wildman–Crippen MR) is 126 cm³/mol. The van der Waals surface area contributed by atoms with E-state index in [4.69, 9.17) is 23.6 Å². The number of anilines is 2. The fraction of sp³-hybridized carbons (Fsp3) is 0.280. The molecule has 5 rings (SSSR count). The molecule has 0 amide bonds. The number of aromatic nitrogens is 2. The minimum absolute atomic E-state index is 0.353. The zero-order valence-corrected chi connectivity index (χ0v) is 18.5. The van der Waals surface area contributed by atoms with Crippen LogP contribution in [0.4, 0.5) is 11.5 Å². The molecule has 0 saturated carbocycles. The smallest absolute Gasteiger partial charge is 0.161 e. The van der Waals surface area contributed by atoms with Gasteiger partial charge in [0.05, 0.1) is 43.8 Å². The minimum atomic E-state index is 0.353. The molecule has 1 saturated heterocycles. The average molecular weight is 447 g/mol. The van der Waals surface area contributed by atoms with Gasteiger partial charge in [0, 0.05) is 25.3 Å². The summed E-state index contributed by atoms with van der Waals surface area (Å²) in [6, 6.07) is 15.7. The maximum atomic E-state index is 5.83. The first-order chi connectivity index (χ1) is 16.3. The van der Waals surface area contributed by atoms with Crippen LogP contribution in [0, 0.1) is 0 Å². The maximum Gasteiger partial charge on any atom is 0.161 e. The third kappa shape index (κ3) is 5.01. The molecule has 3 heterocycles. The van der Waals surface area contributed by atoms with Gasteiger partial charge in [-0.05, 0) is 48.0 Å². The number of nitrogens with zero attached hydrogens (tertiary/aromatic N) is 3. The van der Waals surface area contributed by atoms with E-state index >= 15 is 0 Å². The lowest BCUT2D eigenvalue weighted by molar-refractivity contribution is 0.122. The van der Waals surface area contributed by atoms with Crippen molar-refractivity contribution >= 4 is 22.5 Å². The van der Waals surface area contributed by atoms with Crippen LogP contribution in [-0.2, 0) is 17.9 Å². The van der Waals surface area contributed by atoms with Gasteiger partial charge in [0.25, 0.3) is 0 Å². The summed E-state index contributed by atoms with van der Waals surface area (Å²) in [7, 11) is 1.64. The summed E-state index contributed by atoms with van der Waals surface area (Å²) in [6.07, 6.45) is 3.47. The Morgan fingerprint density at radius 1 is 1.03 bits per heavy atom. The van der Waals surface area contributed by atoms with Gasteiger partial charge in [-0.25, -0.2) is 4.98 Å². The van der Waals surface area contributed by atoms with Crippen molar-refractivity contribution in [3.63, 3.8) is 0 Å². The molecule has 0 atom stereocenters. The molecule has 170 valence electrons. The van der Waals surface area contributed by atoms with Crippen molar-refractivity contribution < 1.29 is 18.6 Å². The lowest BCUT2D eigenvalue weighted by Crippen LogP contribution is -2.36. The summed E-state index contributed by atoms with van der Waals surface area (Å²) >= 11 is 0. The topological polar surface area (TPSA) is 81.9 Å². The summed E-state index contributed by atoms with van der Waals surface area (Å²) in [5, 5.41) is 3.46. The molecule has 4 aromatic rings. The molecule has 1 aliphatic rings. The Morgan fingerprint density at radius 3 is 2.76 bits per heavy atom. The van der Waals surface area contributed by atoms with E-state index < -0.39 is 0 Å². The molecule has 1 N–H and O–H groups in total. The molecule has 2 aromatic carbocycles. The van der Waals surface area contributed by atoms with Crippen LogP contribution in [0.25, 0.3) is 11.0 Å². The monoisotopic (exact) mass is 446 g/mol. The second-order valence-electron chi connectivity index (χ2n) is 7.74. The number of morpholine rings is 1. The van der Waals surface area contributed by atoms with Gasteiger partial charge >= 0.3 is 0 Å². The lowest BCUT2D eigenvalue weighted by atomic mass is 10.2. The number of hydrogen-bond donors (Lipinski definition) is 1. The normalized spacial score (nSPS) is 13.8. The number of furan rings is 1. The first-order valence-electron chi connectivity index (χ1n) is 10.9. The zero-order valence-electron chi connectivity index (χ0n) is 18.5. The summed E-state index contributed by atoms with van der Waals surface area (Å²) in [6.45, 7) is 4.10. The maximum absolute atomic E-state index is 5.83. The molecule has 0 unspecified atom stereocenters. The van der Waals surface area contributed by atoms with E-state index in [-0.39, 0.29) is 0 Å². The second kappa shape index (κ2) is 9.79. The zero-order chi connectivity index (χ0) is 22.5. The van der Waals surface area contributed by atoms with E-state index in [1.54, 1.807) is 13.4 Å². The van der Waals surface area contributed by atoms with Crippen LogP contribution in [0.3, 0.4) is 0 Å². The fourth-order valence-electron chi connectivity index (χ4n) is 3.75. The summed E-state index contributed by atoms with van der Waals surface area (Å²) in [4.78, 5) is 11.6. The van der Waals surface area contributed by atoms with Crippen molar-refractivity contribution in [2.24, 2.45) is 0 Å². The van der Waals surface area contributed by atoms with E-state index in [1.807, 2.05) is 54.7 Å². The Balaban J connectivity index is 1.26. The van der Waals surface area contributed by atoms with Gasteiger partial charge in [-0.1, -0.05) is 6.07 Å². The van der Waals surface area contributed by atoms with Crippen LogP contribution in [0.15, 0.2) is 65.4 Å². The second-order valence-corrected chi connectivity index (χ2v) is 7.74. The van der Waals surface area contributed by atoms with E-state index in [2.05, 4.69) is 15.2 Å². The van der Waals surface area contributed by atoms with Gasteiger partial charge < -0.3 is 28.8 Å². The standard InChI is InChI=1S/C25H26N4O4/c1-30-24-13-18(4-7-23(24)33-17-20-3-2-10-32-20)15-26-19-5-6-21-22(14-19)28-25(16-27-21)29-8-11-31-12-9-29/h2-7,10,13-14,16,26H,8-9,11-12,15,17H2,1H3. The molecule has 0 spiro atoms. The van der Waals surface area contributed by atoms with Crippen molar-refractivity contribution in [2.45, 2.75) is 13.2 Å². The Hall–Kier alpha value is -3.78. The first kappa shape index (κ1) is 21.1. The van der Waals surface area contributed by atoms with Gasteiger partial charge in [-0.3, -0.25) is 4.98 Å². The van der Waals surface area contributed by atoms with Crippen LogP contribution in [0.1, 0.15) is 11.3 Å². The number of rotatable bonds is 8. The highest BCUT2D eigenvalue weighted by molar-refractivity contribution is 5.79. The van der Waals surface area contributed by atoms with Crippen LogP contribution in [0.2, 0.25) is 0 Å². The average Bonchev–Trinajstić information content (AvgIpc) is 3.40. The molecule has 0 radical (unpaired) electrons. The molecular weight excluding hydrogens is 420 g/mol. The number of fused-ring (bicyclic) bond motifs is 1. The molecule has 1 aliphatic heterocycles. The number of nitrogens with one attached hydrogen (secondary N) is 1. The molecule has 33 heavy (non-hydrogen) atoms. The molecule has 1 fully saturated rings.